The SMILES string of the molecule is CCCc1nc(NC)c(C)c(OCC2CCCCN2C)n1. The molecule has 1 aromatic heterocycles. The number of aromatic nitrogens is 2. The van der Waals surface area contributed by atoms with E-state index in [9.17, 15) is 0 Å². The van der Waals surface area contributed by atoms with Crippen molar-refractivity contribution in [2.24, 2.45) is 0 Å². The molecule has 1 N–H and O–H groups in total. The summed E-state index contributed by atoms with van der Waals surface area (Å²) in [6.07, 6.45) is 5.72. The summed E-state index contributed by atoms with van der Waals surface area (Å²) in [6.45, 7) is 6.03. The van der Waals surface area contributed by atoms with Crippen LogP contribution < -0.4 is 10.1 Å². The van der Waals surface area contributed by atoms with E-state index in [1.807, 2.05) is 14.0 Å². The number of likely N-dealkylation sites (tertiary alicyclic amines) is 1. The summed E-state index contributed by atoms with van der Waals surface area (Å²) in [5, 5.41) is 3.14. The van der Waals surface area contributed by atoms with Crippen LogP contribution in [-0.4, -0.2) is 48.2 Å². The van der Waals surface area contributed by atoms with Crippen LogP contribution in [0.25, 0.3) is 0 Å². The van der Waals surface area contributed by atoms with E-state index in [1.165, 1.54) is 25.8 Å². The third-order valence-corrected chi connectivity index (χ3v) is 4.19. The maximum absolute atomic E-state index is 6.04. The van der Waals surface area contributed by atoms with Crippen LogP contribution in [0.5, 0.6) is 5.88 Å². The minimum atomic E-state index is 0.501. The standard InChI is InChI=1S/C16H28N4O/c1-5-8-14-18-15(17-3)12(2)16(19-14)21-11-13-9-6-7-10-20(13)4/h13H,5-11H2,1-4H3,(H,17,18,19). The minimum Gasteiger partial charge on any atom is -0.476 e. The van der Waals surface area contributed by atoms with Gasteiger partial charge in [0, 0.05) is 19.5 Å². The maximum Gasteiger partial charge on any atom is 0.221 e. The smallest absolute Gasteiger partial charge is 0.221 e. The molecule has 1 unspecified atom stereocenters. The molecule has 0 bridgehead atoms. The first-order chi connectivity index (χ1) is 10.2. The quantitative estimate of drug-likeness (QED) is 0.873. The number of nitrogens with one attached hydrogen (secondary N) is 1. The molecule has 1 atom stereocenters. The van der Waals surface area contributed by atoms with Crippen molar-refractivity contribution in [3.05, 3.63) is 11.4 Å². The predicted octanol–water partition coefficient (Wildman–Crippen LogP) is 2.64. The summed E-state index contributed by atoms with van der Waals surface area (Å²) < 4.78 is 6.04. The Morgan fingerprint density at radius 1 is 1.33 bits per heavy atom. The zero-order chi connectivity index (χ0) is 15.2. The van der Waals surface area contributed by atoms with E-state index in [2.05, 4.69) is 34.2 Å². The first kappa shape index (κ1) is 16.0. The average molecular weight is 292 g/mol. The highest BCUT2D eigenvalue weighted by molar-refractivity contribution is 5.48. The largest absolute Gasteiger partial charge is 0.476 e. The van der Waals surface area contributed by atoms with E-state index in [4.69, 9.17) is 4.74 Å². The second-order valence-corrected chi connectivity index (χ2v) is 5.86. The van der Waals surface area contributed by atoms with E-state index in [-0.39, 0.29) is 0 Å². The molecule has 0 aliphatic carbocycles. The van der Waals surface area contributed by atoms with Crippen molar-refractivity contribution in [3.63, 3.8) is 0 Å². The van der Waals surface area contributed by atoms with Gasteiger partial charge in [-0.25, -0.2) is 4.98 Å². The Kier molecular flexibility index (Phi) is 5.79. The first-order valence-corrected chi connectivity index (χ1v) is 8.04. The van der Waals surface area contributed by atoms with Gasteiger partial charge in [0.15, 0.2) is 0 Å². The summed E-state index contributed by atoms with van der Waals surface area (Å²) in [4.78, 5) is 11.5. The molecule has 21 heavy (non-hydrogen) atoms. The fraction of sp³-hybridized carbons (Fsp3) is 0.750. The zero-order valence-corrected chi connectivity index (χ0v) is 13.8. The second-order valence-electron chi connectivity index (χ2n) is 5.86. The summed E-state index contributed by atoms with van der Waals surface area (Å²) >= 11 is 0. The van der Waals surface area contributed by atoms with Crippen molar-refractivity contribution in [2.75, 3.05) is 32.6 Å². The molecule has 118 valence electrons. The van der Waals surface area contributed by atoms with Crippen molar-refractivity contribution >= 4 is 5.82 Å². The number of likely N-dealkylation sites (N-methyl/N-ethyl adjacent to an activating group) is 1. The van der Waals surface area contributed by atoms with Crippen LogP contribution >= 0.6 is 0 Å². The van der Waals surface area contributed by atoms with Gasteiger partial charge < -0.3 is 15.0 Å². The van der Waals surface area contributed by atoms with Crippen molar-refractivity contribution < 1.29 is 4.74 Å². The van der Waals surface area contributed by atoms with Crippen LogP contribution in [0.2, 0.25) is 0 Å². The van der Waals surface area contributed by atoms with Crippen LogP contribution in [0.1, 0.15) is 44.0 Å². The lowest BCUT2D eigenvalue weighted by atomic mass is 10.0. The number of anilines is 1. The van der Waals surface area contributed by atoms with Gasteiger partial charge in [-0.1, -0.05) is 13.3 Å². The normalized spacial score (nSPS) is 19.5. The fourth-order valence-electron chi connectivity index (χ4n) is 2.79. The van der Waals surface area contributed by atoms with E-state index < -0.39 is 0 Å². The Balaban J connectivity index is 2.08. The summed E-state index contributed by atoms with van der Waals surface area (Å²) in [7, 11) is 4.07. The highest BCUT2D eigenvalue weighted by Crippen LogP contribution is 2.23. The third-order valence-electron chi connectivity index (χ3n) is 4.19. The van der Waals surface area contributed by atoms with Gasteiger partial charge in [0.25, 0.3) is 0 Å². The first-order valence-electron chi connectivity index (χ1n) is 8.04. The van der Waals surface area contributed by atoms with Gasteiger partial charge in [0.2, 0.25) is 5.88 Å². The predicted molar refractivity (Wildman–Crippen MR) is 86.1 cm³/mol. The molecule has 1 aliphatic rings. The lowest BCUT2D eigenvalue weighted by Gasteiger charge is -2.32. The molecule has 5 heteroatoms. The number of nitrogens with zero attached hydrogens (tertiary/aromatic N) is 3. The number of rotatable bonds is 6. The van der Waals surface area contributed by atoms with Gasteiger partial charge in [0.1, 0.15) is 18.2 Å². The highest BCUT2D eigenvalue weighted by Gasteiger charge is 2.20. The van der Waals surface area contributed by atoms with E-state index >= 15 is 0 Å². The topological polar surface area (TPSA) is 50.3 Å². The van der Waals surface area contributed by atoms with Gasteiger partial charge in [-0.15, -0.1) is 0 Å². The Bertz CT molecular complexity index is 464. The van der Waals surface area contributed by atoms with Crippen LogP contribution in [0.3, 0.4) is 0 Å². The molecule has 5 nitrogen and oxygen atoms in total. The number of piperidine rings is 1. The van der Waals surface area contributed by atoms with Crippen LogP contribution in [0, 0.1) is 6.92 Å². The van der Waals surface area contributed by atoms with E-state index in [0.29, 0.717) is 12.6 Å². The Morgan fingerprint density at radius 2 is 2.14 bits per heavy atom. The molecular weight excluding hydrogens is 264 g/mol. The molecule has 0 spiro atoms. The van der Waals surface area contributed by atoms with E-state index in [0.717, 1.165) is 35.9 Å². The van der Waals surface area contributed by atoms with E-state index in [1.54, 1.807) is 0 Å². The summed E-state index contributed by atoms with van der Waals surface area (Å²) in [5.41, 5.74) is 0.996. The molecule has 2 heterocycles. The Labute approximate surface area is 128 Å². The van der Waals surface area contributed by atoms with Crippen LogP contribution in [0.4, 0.5) is 5.82 Å². The molecule has 0 amide bonds. The second kappa shape index (κ2) is 7.59. The summed E-state index contributed by atoms with van der Waals surface area (Å²) in [5.74, 6) is 2.47. The number of hydrogen-bond acceptors (Lipinski definition) is 5. The third kappa shape index (κ3) is 4.06. The van der Waals surface area contributed by atoms with Gasteiger partial charge >= 0.3 is 0 Å². The van der Waals surface area contributed by atoms with Gasteiger partial charge in [-0.05, 0) is 39.8 Å². The van der Waals surface area contributed by atoms with Crippen molar-refractivity contribution in [3.8, 4) is 5.88 Å². The molecule has 1 fully saturated rings. The van der Waals surface area contributed by atoms with Crippen LogP contribution in [0.15, 0.2) is 0 Å². The lowest BCUT2D eigenvalue weighted by molar-refractivity contribution is 0.122. The Morgan fingerprint density at radius 3 is 2.81 bits per heavy atom. The Hall–Kier alpha value is -1.36. The number of ether oxygens (including phenoxy) is 1. The van der Waals surface area contributed by atoms with Crippen molar-refractivity contribution in [2.45, 2.75) is 52.0 Å². The number of hydrogen-bond donors (Lipinski definition) is 1. The molecule has 2 rings (SSSR count). The molecule has 1 aromatic rings. The summed E-state index contributed by atoms with van der Waals surface area (Å²) in [6, 6.07) is 0.501. The molecule has 1 saturated heterocycles. The molecular formula is C16H28N4O. The molecule has 0 aromatic carbocycles. The monoisotopic (exact) mass is 292 g/mol. The number of aryl methyl sites for hydroxylation is 1. The highest BCUT2D eigenvalue weighted by atomic mass is 16.5. The minimum absolute atomic E-state index is 0.501. The van der Waals surface area contributed by atoms with Crippen LogP contribution in [-0.2, 0) is 6.42 Å². The van der Waals surface area contributed by atoms with Gasteiger partial charge in [-0.3, -0.25) is 0 Å². The maximum atomic E-state index is 6.04. The molecule has 0 radical (unpaired) electrons. The fourth-order valence-corrected chi connectivity index (χ4v) is 2.79. The van der Waals surface area contributed by atoms with Crippen molar-refractivity contribution in [1.29, 1.82) is 0 Å². The average Bonchev–Trinajstić information content (AvgIpc) is 2.49. The van der Waals surface area contributed by atoms with Crippen molar-refractivity contribution in [1.82, 2.24) is 14.9 Å². The lowest BCUT2D eigenvalue weighted by Crippen LogP contribution is -2.40. The van der Waals surface area contributed by atoms with Gasteiger partial charge in [0.05, 0.1) is 5.56 Å². The molecule has 1 aliphatic heterocycles. The zero-order valence-electron chi connectivity index (χ0n) is 13.8. The molecule has 0 saturated carbocycles. The van der Waals surface area contributed by atoms with Gasteiger partial charge in [-0.2, -0.15) is 4.98 Å².